The summed E-state index contributed by atoms with van der Waals surface area (Å²) in [6, 6.07) is 16.4. The lowest BCUT2D eigenvalue weighted by Gasteiger charge is -2.34. The van der Waals surface area contributed by atoms with Crippen LogP contribution < -0.4 is 17.1 Å². The first kappa shape index (κ1) is 59.9. The van der Waals surface area contributed by atoms with Crippen molar-refractivity contribution in [2.75, 3.05) is 26.2 Å². The lowest BCUT2D eigenvalue weighted by atomic mass is 9.91. The van der Waals surface area contributed by atoms with E-state index in [-0.39, 0.29) is 68.5 Å². The van der Waals surface area contributed by atoms with Gasteiger partial charge in [0.2, 0.25) is 0 Å². The second kappa shape index (κ2) is 31.1. The van der Waals surface area contributed by atoms with Gasteiger partial charge in [0.1, 0.15) is 5.75 Å². The third-order valence-electron chi connectivity index (χ3n) is 7.41. The Kier molecular flexibility index (Phi) is 43.3. The van der Waals surface area contributed by atoms with Gasteiger partial charge in [0.25, 0.3) is 0 Å². The average Bonchev–Trinajstić information content (AvgIpc) is 2.91. The Bertz CT molecular complexity index is 862. The van der Waals surface area contributed by atoms with Crippen molar-refractivity contribution in [1.29, 1.82) is 0 Å². The summed E-state index contributed by atoms with van der Waals surface area (Å²) in [5.41, 5.74) is 1.08. The van der Waals surface area contributed by atoms with Gasteiger partial charge in [-0.25, -0.2) is 4.79 Å². The maximum absolute atomic E-state index is 11.7. The number of esters is 1. The van der Waals surface area contributed by atoms with Crippen LogP contribution in [0.3, 0.4) is 0 Å². The standard InChI is InChI=1S/C13H16O4.C10H14.C8H20N.6CH4.ClH/c1-4-13(2,3)12(16)17-10-7-5-9(6-8-10)11(14)15;1-3-9(2)10-7-5-4-6-8-10;1-5-9(6-2,7-3)8-4;;;;;;;/h5-8H,4H2,1-3H3,(H,14,15);4-9H,3H2,1-2H3;5-8H2,1-4H3;6*1H4;1H/q;;+1;;;;;;;/p-1. The quantitative estimate of drug-likeness (QED) is 0.162. The molecule has 0 aliphatic rings. The van der Waals surface area contributed by atoms with Gasteiger partial charge < -0.3 is 26.7 Å². The minimum absolute atomic E-state index is 0. The van der Waals surface area contributed by atoms with Crippen molar-refractivity contribution in [1.82, 2.24) is 0 Å². The zero-order chi connectivity index (χ0) is 27.8. The van der Waals surface area contributed by atoms with Crippen molar-refractivity contribution in [3.8, 4) is 5.75 Å². The molecular weight excluding hydrogens is 558 g/mol. The number of hydrogen-bond acceptors (Lipinski definition) is 3. The van der Waals surface area contributed by atoms with E-state index in [1.54, 1.807) is 13.8 Å². The number of quaternary nitrogens is 1. The second-order valence-electron chi connectivity index (χ2n) is 9.78. The van der Waals surface area contributed by atoms with Crippen LogP contribution in [0.25, 0.3) is 0 Å². The van der Waals surface area contributed by atoms with Crippen molar-refractivity contribution in [3.63, 3.8) is 0 Å². The molecule has 2 rings (SSSR count). The molecule has 1 N–H and O–H groups in total. The third-order valence-corrected chi connectivity index (χ3v) is 7.41. The van der Waals surface area contributed by atoms with Crippen molar-refractivity contribution in [2.24, 2.45) is 5.41 Å². The Hall–Kier alpha value is -2.37. The molecule has 2 aromatic carbocycles. The van der Waals surface area contributed by atoms with Crippen molar-refractivity contribution >= 4 is 11.9 Å². The first-order valence-corrected chi connectivity index (χ1v) is 13.4. The summed E-state index contributed by atoms with van der Waals surface area (Å²) in [6.07, 6.45) is 1.91. The van der Waals surface area contributed by atoms with Gasteiger partial charge in [-0.15, -0.1) is 0 Å². The predicted octanol–water partition coefficient (Wildman–Crippen LogP) is 8.63. The summed E-state index contributed by atoms with van der Waals surface area (Å²) in [5, 5.41) is 8.72. The van der Waals surface area contributed by atoms with Gasteiger partial charge in [0, 0.05) is 0 Å². The zero-order valence-electron chi connectivity index (χ0n) is 24.5. The molecule has 0 radical (unpaired) electrons. The molecule has 0 saturated carbocycles. The van der Waals surface area contributed by atoms with Gasteiger partial charge in [0.05, 0.1) is 37.2 Å². The molecule has 258 valence electrons. The normalized spacial score (nSPS) is 9.88. The molecule has 0 heterocycles. The van der Waals surface area contributed by atoms with Crippen LogP contribution in [-0.4, -0.2) is 47.7 Å². The fourth-order valence-corrected chi connectivity index (χ4v) is 3.41. The van der Waals surface area contributed by atoms with Crippen LogP contribution in [0, 0.1) is 5.41 Å². The Morgan fingerprint density at radius 3 is 1.42 bits per heavy atom. The highest BCUT2D eigenvalue weighted by Crippen LogP contribution is 2.23. The second-order valence-corrected chi connectivity index (χ2v) is 9.78. The number of benzene rings is 2. The Labute approximate surface area is 276 Å². The molecule has 0 spiro atoms. The number of rotatable bonds is 10. The summed E-state index contributed by atoms with van der Waals surface area (Å²) in [4.78, 5) is 22.4. The maximum Gasteiger partial charge on any atom is 0.335 e. The number of ether oxygens (including phenoxy) is 1. The number of halogens is 1. The lowest BCUT2D eigenvalue weighted by molar-refractivity contribution is -0.921. The Balaban J connectivity index is -0.0000000695. The highest BCUT2D eigenvalue weighted by molar-refractivity contribution is 5.87. The molecule has 0 bridgehead atoms. The van der Waals surface area contributed by atoms with Crippen LogP contribution >= 0.6 is 0 Å². The van der Waals surface area contributed by atoms with E-state index in [1.165, 1.54) is 66.9 Å². The molecule has 0 aromatic heterocycles. The zero-order valence-corrected chi connectivity index (χ0v) is 25.3. The van der Waals surface area contributed by atoms with E-state index in [9.17, 15) is 9.59 Å². The fourth-order valence-electron chi connectivity index (χ4n) is 3.41. The highest BCUT2D eigenvalue weighted by Gasteiger charge is 2.27. The van der Waals surface area contributed by atoms with E-state index in [1.807, 2.05) is 6.92 Å². The van der Waals surface area contributed by atoms with Gasteiger partial charge in [-0.05, 0) is 90.1 Å². The molecule has 5 nitrogen and oxygen atoms in total. The van der Waals surface area contributed by atoms with E-state index in [2.05, 4.69) is 71.9 Å². The molecule has 0 fully saturated rings. The molecule has 0 aliphatic carbocycles. The van der Waals surface area contributed by atoms with Crippen molar-refractivity contribution in [2.45, 2.75) is 126 Å². The van der Waals surface area contributed by atoms with Gasteiger partial charge >= 0.3 is 11.9 Å². The minimum Gasteiger partial charge on any atom is -1.00 e. The molecule has 6 heteroatoms. The van der Waals surface area contributed by atoms with Crippen LogP contribution in [0.2, 0.25) is 0 Å². The molecule has 0 aliphatic heterocycles. The van der Waals surface area contributed by atoms with Crippen LogP contribution in [0.1, 0.15) is 142 Å². The molecule has 0 amide bonds. The molecule has 1 atom stereocenters. The lowest BCUT2D eigenvalue weighted by Crippen LogP contribution is -3.00. The van der Waals surface area contributed by atoms with Crippen LogP contribution in [0.15, 0.2) is 54.6 Å². The first-order valence-electron chi connectivity index (χ1n) is 13.4. The van der Waals surface area contributed by atoms with E-state index >= 15 is 0 Å². The van der Waals surface area contributed by atoms with Gasteiger partial charge in [-0.2, -0.15) is 0 Å². The van der Waals surface area contributed by atoms with Crippen molar-refractivity contribution in [3.05, 3.63) is 65.7 Å². The largest absolute Gasteiger partial charge is 1.00 e. The molecule has 0 saturated heterocycles. The van der Waals surface area contributed by atoms with Gasteiger partial charge in [-0.3, -0.25) is 4.79 Å². The monoisotopic (exact) mass is 632 g/mol. The number of carboxylic acid groups (broad SMARTS) is 1. The topological polar surface area (TPSA) is 63.6 Å². The highest BCUT2D eigenvalue weighted by atomic mass is 35.5. The SMILES string of the molecule is C.C.C.C.C.C.CCC(C)(C)C(=O)Oc1ccc(C(=O)O)cc1.CCC(C)c1ccccc1.CC[N+](CC)(CC)CC.[Cl-]. The van der Waals surface area contributed by atoms with Crippen molar-refractivity contribution < 1.29 is 36.3 Å². The van der Waals surface area contributed by atoms with E-state index in [0.717, 1.165) is 0 Å². The molecule has 1 unspecified atom stereocenters. The smallest absolute Gasteiger partial charge is 0.335 e. The summed E-state index contributed by atoms with van der Waals surface area (Å²) in [6.45, 7) is 24.2. The first-order chi connectivity index (χ1) is 16.9. The molecular formula is C37H74ClNO4. The summed E-state index contributed by atoms with van der Waals surface area (Å²) >= 11 is 0. The van der Waals surface area contributed by atoms with E-state index in [0.29, 0.717) is 18.1 Å². The number of aromatic carboxylic acids is 1. The maximum atomic E-state index is 11.7. The summed E-state index contributed by atoms with van der Waals surface area (Å²) in [7, 11) is 0. The van der Waals surface area contributed by atoms with Crippen LogP contribution in [0.5, 0.6) is 5.75 Å². The minimum atomic E-state index is -1.00. The number of carbonyl (C=O) groups excluding carboxylic acids is 1. The summed E-state index contributed by atoms with van der Waals surface area (Å²) < 4.78 is 6.45. The van der Waals surface area contributed by atoms with Gasteiger partial charge in [0.15, 0.2) is 0 Å². The number of hydrogen-bond donors (Lipinski definition) is 1. The summed E-state index contributed by atoms with van der Waals surface area (Å²) in [5.74, 6) is -0.248. The Morgan fingerprint density at radius 2 is 1.14 bits per heavy atom. The fraction of sp³-hybridized carbons (Fsp3) is 0.622. The molecule has 43 heavy (non-hydrogen) atoms. The predicted molar refractivity (Wildman–Crippen MR) is 191 cm³/mol. The number of nitrogens with zero attached hydrogens (tertiary/aromatic N) is 1. The van der Waals surface area contributed by atoms with E-state index in [4.69, 9.17) is 9.84 Å². The molecule has 2 aromatic rings. The number of carbonyl (C=O) groups is 2. The van der Waals surface area contributed by atoms with Crippen LogP contribution in [0.4, 0.5) is 0 Å². The third kappa shape index (κ3) is 21.9. The van der Waals surface area contributed by atoms with E-state index < -0.39 is 11.4 Å². The number of carboxylic acids is 1. The van der Waals surface area contributed by atoms with Crippen LogP contribution in [-0.2, 0) is 4.79 Å². The Morgan fingerprint density at radius 1 is 0.744 bits per heavy atom. The average molecular weight is 632 g/mol. The van der Waals surface area contributed by atoms with Gasteiger partial charge in [-0.1, -0.05) is 95.7 Å².